The molecular weight excluding hydrogens is 384 g/mol. The molecule has 3 rings (SSSR count). The van der Waals surface area contributed by atoms with E-state index in [0.717, 1.165) is 0 Å². The van der Waals surface area contributed by atoms with Crippen LogP contribution in [-0.4, -0.2) is 60.1 Å². The van der Waals surface area contributed by atoms with Crippen LogP contribution in [0.3, 0.4) is 0 Å². The Kier molecular flexibility index (Phi) is 7.00. The van der Waals surface area contributed by atoms with E-state index in [-0.39, 0.29) is 29.9 Å². The van der Waals surface area contributed by atoms with Gasteiger partial charge >= 0.3 is 0 Å². The second-order valence-electron chi connectivity index (χ2n) is 6.43. The van der Waals surface area contributed by atoms with Gasteiger partial charge in [-0.15, -0.1) is 11.8 Å². The van der Waals surface area contributed by atoms with Crippen LogP contribution >= 0.6 is 11.8 Å². The first kappa shape index (κ1) is 20.3. The molecule has 148 valence electrons. The predicted molar refractivity (Wildman–Crippen MR) is 105 cm³/mol. The van der Waals surface area contributed by atoms with Gasteiger partial charge in [-0.25, -0.2) is 8.78 Å². The number of benzene rings is 2. The monoisotopic (exact) mass is 405 g/mol. The molecule has 0 spiro atoms. The van der Waals surface area contributed by atoms with Crippen LogP contribution in [0.2, 0.25) is 0 Å². The number of rotatable bonds is 6. The van der Waals surface area contributed by atoms with Gasteiger partial charge in [0.15, 0.2) is 0 Å². The maximum atomic E-state index is 13.6. The molecule has 0 bridgehead atoms. The van der Waals surface area contributed by atoms with Gasteiger partial charge in [0.25, 0.3) is 0 Å². The average molecular weight is 405 g/mol. The zero-order chi connectivity index (χ0) is 19.9. The molecule has 2 aromatic carbocycles. The molecule has 1 aliphatic heterocycles. The number of amides is 2. The van der Waals surface area contributed by atoms with Crippen LogP contribution in [-0.2, 0) is 9.59 Å². The Morgan fingerprint density at radius 2 is 1.75 bits per heavy atom. The van der Waals surface area contributed by atoms with E-state index < -0.39 is 5.82 Å². The summed E-state index contributed by atoms with van der Waals surface area (Å²) >= 11 is 1.19. The van der Waals surface area contributed by atoms with E-state index >= 15 is 0 Å². The summed E-state index contributed by atoms with van der Waals surface area (Å²) < 4.78 is 26.8. The van der Waals surface area contributed by atoms with Gasteiger partial charge < -0.3 is 10.2 Å². The van der Waals surface area contributed by atoms with Gasteiger partial charge in [0.05, 0.1) is 12.3 Å². The Hall–Kier alpha value is -2.45. The summed E-state index contributed by atoms with van der Waals surface area (Å²) in [7, 11) is 0. The third kappa shape index (κ3) is 5.77. The summed E-state index contributed by atoms with van der Waals surface area (Å²) in [5.74, 6) is -0.814. The lowest BCUT2D eigenvalue weighted by Gasteiger charge is -2.34. The van der Waals surface area contributed by atoms with Crippen LogP contribution in [0.15, 0.2) is 53.4 Å². The van der Waals surface area contributed by atoms with Crippen molar-refractivity contribution in [3.05, 3.63) is 60.2 Å². The number of anilines is 1. The van der Waals surface area contributed by atoms with Crippen molar-refractivity contribution in [1.82, 2.24) is 9.80 Å². The molecule has 1 N–H and O–H groups in total. The van der Waals surface area contributed by atoms with Crippen LogP contribution in [0.5, 0.6) is 0 Å². The van der Waals surface area contributed by atoms with Crippen LogP contribution < -0.4 is 5.32 Å². The van der Waals surface area contributed by atoms with Gasteiger partial charge in [0.2, 0.25) is 11.8 Å². The quantitative estimate of drug-likeness (QED) is 0.751. The molecule has 2 aromatic rings. The van der Waals surface area contributed by atoms with Gasteiger partial charge in [-0.05, 0) is 30.3 Å². The Morgan fingerprint density at radius 1 is 1.00 bits per heavy atom. The average Bonchev–Trinajstić information content (AvgIpc) is 2.67. The van der Waals surface area contributed by atoms with Gasteiger partial charge in [-0.1, -0.05) is 18.2 Å². The van der Waals surface area contributed by atoms with Gasteiger partial charge in [0.1, 0.15) is 11.6 Å². The van der Waals surface area contributed by atoms with E-state index in [4.69, 9.17) is 0 Å². The van der Waals surface area contributed by atoms with Crippen molar-refractivity contribution in [2.45, 2.75) is 4.90 Å². The van der Waals surface area contributed by atoms with Gasteiger partial charge in [-0.2, -0.15) is 0 Å². The second kappa shape index (κ2) is 9.66. The highest BCUT2D eigenvalue weighted by atomic mass is 32.2. The van der Waals surface area contributed by atoms with Crippen molar-refractivity contribution in [3.8, 4) is 0 Å². The lowest BCUT2D eigenvalue weighted by molar-refractivity contribution is -0.130. The minimum absolute atomic E-state index is 0.0443. The molecular formula is C20H21F2N3O2S. The van der Waals surface area contributed by atoms with Gasteiger partial charge in [0, 0.05) is 36.8 Å². The number of carbonyl (C=O) groups excluding carboxylic acids is 2. The zero-order valence-corrected chi connectivity index (χ0v) is 16.1. The lowest BCUT2D eigenvalue weighted by atomic mass is 10.3. The largest absolute Gasteiger partial charge is 0.339 e. The number of thioether (sulfide) groups is 1. The standard InChI is InChI=1S/C20H21F2N3O2S/c21-15-4-3-5-16(12-15)23-19(26)13-24-8-10-25(11-9-24)20(27)14-28-18-7-2-1-6-17(18)22/h1-7,12H,8-11,13-14H2,(H,23,26). The molecule has 0 unspecified atom stereocenters. The van der Waals surface area contributed by atoms with Crippen molar-refractivity contribution in [2.75, 3.05) is 43.8 Å². The van der Waals surface area contributed by atoms with E-state index in [2.05, 4.69) is 5.32 Å². The maximum absolute atomic E-state index is 13.6. The first-order valence-corrected chi connectivity index (χ1v) is 9.93. The molecule has 0 radical (unpaired) electrons. The van der Waals surface area contributed by atoms with Crippen LogP contribution in [0.1, 0.15) is 0 Å². The SMILES string of the molecule is O=C(CN1CCN(C(=O)CSc2ccccc2F)CC1)Nc1cccc(F)c1. The summed E-state index contributed by atoms with van der Waals surface area (Å²) in [6.45, 7) is 2.37. The first-order chi connectivity index (χ1) is 13.5. The van der Waals surface area contributed by atoms with E-state index in [1.54, 1.807) is 29.2 Å². The Balaban J connectivity index is 1.40. The van der Waals surface area contributed by atoms with Gasteiger partial charge in [-0.3, -0.25) is 14.5 Å². The fourth-order valence-electron chi connectivity index (χ4n) is 2.92. The summed E-state index contributed by atoms with van der Waals surface area (Å²) in [5.41, 5.74) is 0.420. The number of hydrogen-bond donors (Lipinski definition) is 1. The second-order valence-corrected chi connectivity index (χ2v) is 7.45. The summed E-state index contributed by atoms with van der Waals surface area (Å²) in [6, 6.07) is 12.1. The highest BCUT2D eigenvalue weighted by Gasteiger charge is 2.22. The number of nitrogens with one attached hydrogen (secondary N) is 1. The predicted octanol–water partition coefficient (Wildman–Crippen LogP) is 2.84. The molecule has 8 heteroatoms. The maximum Gasteiger partial charge on any atom is 0.238 e. The molecule has 1 saturated heterocycles. The fraction of sp³-hybridized carbons (Fsp3) is 0.300. The van der Waals surface area contributed by atoms with Crippen LogP contribution in [0.4, 0.5) is 14.5 Å². The molecule has 1 heterocycles. The van der Waals surface area contributed by atoms with E-state index in [1.165, 1.54) is 36.0 Å². The molecule has 0 atom stereocenters. The first-order valence-electron chi connectivity index (χ1n) is 8.94. The Bertz CT molecular complexity index is 842. The fourth-order valence-corrected chi connectivity index (χ4v) is 3.76. The lowest BCUT2D eigenvalue weighted by Crippen LogP contribution is -2.50. The summed E-state index contributed by atoms with van der Waals surface area (Å²) in [4.78, 5) is 28.6. The molecule has 0 aliphatic carbocycles. The topological polar surface area (TPSA) is 52.7 Å². The van der Waals surface area contributed by atoms with Crippen molar-refractivity contribution >= 4 is 29.3 Å². The third-order valence-corrected chi connectivity index (χ3v) is 5.42. The van der Waals surface area contributed by atoms with Crippen LogP contribution in [0, 0.1) is 11.6 Å². The molecule has 0 aromatic heterocycles. The Morgan fingerprint density at radius 3 is 2.46 bits per heavy atom. The number of carbonyl (C=O) groups is 2. The Labute approximate surface area is 166 Å². The van der Waals surface area contributed by atoms with Crippen molar-refractivity contribution in [2.24, 2.45) is 0 Å². The van der Waals surface area contributed by atoms with Crippen LogP contribution in [0.25, 0.3) is 0 Å². The van der Waals surface area contributed by atoms with E-state index in [0.29, 0.717) is 36.8 Å². The number of piperazine rings is 1. The number of nitrogens with zero attached hydrogens (tertiary/aromatic N) is 2. The minimum atomic E-state index is -0.404. The minimum Gasteiger partial charge on any atom is -0.339 e. The molecule has 2 amide bonds. The molecule has 5 nitrogen and oxygen atoms in total. The normalized spacial score (nSPS) is 14.7. The zero-order valence-electron chi connectivity index (χ0n) is 15.2. The smallest absolute Gasteiger partial charge is 0.238 e. The summed E-state index contributed by atoms with van der Waals surface area (Å²) in [5, 5.41) is 2.67. The highest BCUT2D eigenvalue weighted by molar-refractivity contribution is 8.00. The van der Waals surface area contributed by atoms with E-state index in [9.17, 15) is 18.4 Å². The number of halogens is 2. The number of hydrogen-bond acceptors (Lipinski definition) is 4. The molecule has 1 aliphatic rings. The van der Waals surface area contributed by atoms with Crippen molar-refractivity contribution in [1.29, 1.82) is 0 Å². The van der Waals surface area contributed by atoms with Crippen molar-refractivity contribution < 1.29 is 18.4 Å². The summed E-state index contributed by atoms with van der Waals surface area (Å²) in [6.07, 6.45) is 0. The molecule has 0 saturated carbocycles. The molecule has 1 fully saturated rings. The van der Waals surface area contributed by atoms with E-state index in [1.807, 2.05) is 4.90 Å². The highest BCUT2D eigenvalue weighted by Crippen LogP contribution is 2.21. The third-order valence-electron chi connectivity index (χ3n) is 4.39. The molecule has 28 heavy (non-hydrogen) atoms. The van der Waals surface area contributed by atoms with Crippen molar-refractivity contribution in [3.63, 3.8) is 0 Å².